The van der Waals surface area contributed by atoms with Crippen molar-refractivity contribution in [1.82, 2.24) is 4.90 Å². The molecule has 0 aromatic heterocycles. The summed E-state index contributed by atoms with van der Waals surface area (Å²) in [4.78, 5) is 11.4. The Morgan fingerprint density at radius 3 is 2.33 bits per heavy atom. The van der Waals surface area contributed by atoms with Crippen LogP contribution in [0.3, 0.4) is 0 Å². The lowest BCUT2D eigenvalue weighted by Crippen LogP contribution is -2.40. The van der Waals surface area contributed by atoms with Gasteiger partial charge in [0.15, 0.2) is 0 Å². The molecule has 1 rings (SSSR count). The van der Waals surface area contributed by atoms with Gasteiger partial charge in [-0.3, -0.25) is 4.79 Å². The van der Waals surface area contributed by atoms with Gasteiger partial charge in [-0.2, -0.15) is 22.0 Å². The van der Waals surface area contributed by atoms with Crippen LogP contribution in [0.2, 0.25) is 0 Å². The lowest BCUT2D eigenvalue weighted by Gasteiger charge is -2.26. The smallest absolute Gasteiger partial charge is 0.334 e. The summed E-state index contributed by atoms with van der Waals surface area (Å²) < 4.78 is 60.1. The summed E-state index contributed by atoms with van der Waals surface area (Å²) in [6.45, 7) is -0.716. The summed E-state index contributed by atoms with van der Waals surface area (Å²) in [6.07, 6.45) is -7.25. The van der Waals surface area contributed by atoms with Crippen molar-refractivity contribution >= 4 is 5.91 Å². The fourth-order valence-corrected chi connectivity index (χ4v) is 1.26. The molecule has 1 aliphatic heterocycles. The first-order chi connectivity index (χ1) is 6.82. The van der Waals surface area contributed by atoms with E-state index < -0.39 is 37.0 Å². The van der Waals surface area contributed by atoms with Crippen molar-refractivity contribution in [3.05, 3.63) is 11.6 Å². The largest absolute Gasteiger partial charge is 0.412 e. The Morgan fingerprint density at radius 1 is 1.40 bits per heavy atom. The fourth-order valence-electron chi connectivity index (χ4n) is 1.26. The van der Waals surface area contributed by atoms with E-state index in [2.05, 4.69) is 0 Å². The zero-order chi connectivity index (χ0) is 11.6. The molecule has 2 nitrogen and oxygen atoms in total. The first-order valence-electron chi connectivity index (χ1n) is 4.15. The van der Waals surface area contributed by atoms with Crippen LogP contribution in [0.15, 0.2) is 11.6 Å². The number of carbonyl (C=O) groups excluding carboxylic acids is 1. The molecule has 0 aromatic carbocycles. The lowest BCUT2D eigenvalue weighted by molar-refractivity contribution is -0.143. The predicted octanol–water partition coefficient (Wildman–Crippen LogP) is 1.97. The predicted molar refractivity (Wildman–Crippen MR) is 41.3 cm³/mol. The number of alkyl halides is 5. The maximum absolute atomic E-state index is 12.1. The number of hydrogen-bond donors (Lipinski definition) is 0. The molecule has 0 aliphatic carbocycles. The van der Waals surface area contributed by atoms with E-state index in [-0.39, 0.29) is 6.54 Å². The molecule has 0 radical (unpaired) electrons. The van der Waals surface area contributed by atoms with Crippen LogP contribution in [-0.2, 0) is 4.79 Å². The van der Waals surface area contributed by atoms with Crippen LogP contribution >= 0.6 is 0 Å². The second-order valence-electron chi connectivity index (χ2n) is 3.06. The van der Waals surface area contributed by atoms with Crippen molar-refractivity contribution in [2.24, 2.45) is 0 Å². The topological polar surface area (TPSA) is 20.3 Å². The quantitative estimate of drug-likeness (QED) is 0.497. The van der Waals surface area contributed by atoms with E-state index in [1.807, 2.05) is 0 Å². The van der Waals surface area contributed by atoms with E-state index in [4.69, 9.17) is 0 Å². The number of halogens is 5. The van der Waals surface area contributed by atoms with Gasteiger partial charge in [0, 0.05) is 18.7 Å². The molecule has 0 bridgehead atoms. The summed E-state index contributed by atoms with van der Waals surface area (Å²) in [5, 5.41) is 0. The van der Waals surface area contributed by atoms with Gasteiger partial charge in [0.25, 0.3) is 5.91 Å². The molecule has 0 spiro atoms. The zero-order valence-corrected chi connectivity index (χ0v) is 7.52. The highest BCUT2D eigenvalue weighted by Crippen LogP contribution is 2.30. The van der Waals surface area contributed by atoms with Crippen molar-refractivity contribution in [1.29, 1.82) is 0 Å². The Balaban J connectivity index is 2.62. The van der Waals surface area contributed by atoms with E-state index in [0.29, 0.717) is 4.90 Å². The van der Waals surface area contributed by atoms with E-state index in [1.165, 1.54) is 0 Å². The standard InChI is InChI=1S/C8H8F5NO/c9-6(10)7(15)14-3-1-5(2-4-14)8(11,12)13/h1,6H,2-4H2. The van der Waals surface area contributed by atoms with Gasteiger partial charge in [0.1, 0.15) is 0 Å². The Bertz CT molecular complexity index is 283. The number of amides is 1. The van der Waals surface area contributed by atoms with Crippen LogP contribution < -0.4 is 0 Å². The molecule has 7 heteroatoms. The fraction of sp³-hybridized carbons (Fsp3) is 0.625. The highest BCUT2D eigenvalue weighted by molar-refractivity contribution is 5.79. The molecule has 0 atom stereocenters. The molecule has 0 aromatic rings. The first-order valence-corrected chi connectivity index (χ1v) is 4.15. The first kappa shape index (κ1) is 11.9. The maximum Gasteiger partial charge on any atom is 0.412 e. The normalized spacial score (nSPS) is 18.0. The summed E-state index contributed by atoms with van der Waals surface area (Å²) in [6, 6.07) is 0. The molecule has 0 fully saturated rings. The van der Waals surface area contributed by atoms with Crippen LogP contribution in [0.1, 0.15) is 6.42 Å². The van der Waals surface area contributed by atoms with E-state index >= 15 is 0 Å². The Morgan fingerprint density at radius 2 is 2.00 bits per heavy atom. The van der Waals surface area contributed by atoms with Crippen molar-refractivity contribution < 1.29 is 26.7 Å². The molecule has 0 saturated heterocycles. The van der Waals surface area contributed by atoms with Crippen molar-refractivity contribution in [2.75, 3.05) is 13.1 Å². The summed E-state index contributed by atoms with van der Waals surface area (Å²) in [5.41, 5.74) is -0.763. The highest BCUT2D eigenvalue weighted by atomic mass is 19.4. The molecule has 0 saturated carbocycles. The average molecular weight is 229 g/mol. The molecule has 1 aliphatic rings. The van der Waals surface area contributed by atoms with Gasteiger partial charge in [-0.15, -0.1) is 0 Å². The van der Waals surface area contributed by atoms with E-state index in [0.717, 1.165) is 6.08 Å². The Labute approximate surface area is 82.3 Å². The van der Waals surface area contributed by atoms with Crippen molar-refractivity contribution in [3.63, 3.8) is 0 Å². The SMILES string of the molecule is O=C(C(F)F)N1CC=C(C(F)(F)F)CC1. The van der Waals surface area contributed by atoms with Crippen molar-refractivity contribution in [3.8, 4) is 0 Å². The van der Waals surface area contributed by atoms with Gasteiger partial charge in [-0.25, -0.2) is 0 Å². The second-order valence-corrected chi connectivity index (χ2v) is 3.06. The second kappa shape index (κ2) is 4.16. The molecule has 86 valence electrons. The van der Waals surface area contributed by atoms with Gasteiger partial charge < -0.3 is 4.90 Å². The average Bonchev–Trinajstić information content (AvgIpc) is 2.15. The Kier molecular flexibility index (Phi) is 3.31. The lowest BCUT2D eigenvalue weighted by atomic mass is 10.1. The van der Waals surface area contributed by atoms with Gasteiger partial charge in [-0.05, 0) is 6.42 Å². The number of hydrogen-bond acceptors (Lipinski definition) is 1. The van der Waals surface area contributed by atoms with Gasteiger partial charge in [0.05, 0.1) is 0 Å². The molecular formula is C8H8F5NO. The number of nitrogens with zero attached hydrogens (tertiary/aromatic N) is 1. The molecule has 0 N–H and O–H groups in total. The number of rotatable bonds is 1. The number of carbonyl (C=O) groups is 1. The molecule has 15 heavy (non-hydrogen) atoms. The minimum Gasteiger partial charge on any atom is -0.334 e. The van der Waals surface area contributed by atoms with Gasteiger partial charge in [-0.1, -0.05) is 6.08 Å². The van der Waals surface area contributed by atoms with Gasteiger partial charge in [0.2, 0.25) is 0 Å². The Hall–Kier alpha value is -1.14. The van der Waals surface area contributed by atoms with E-state index in [9.17, 15) is 26.7 Å². The molecule has 1 amide bonds. The summed E-state index contributed by atoms with van der Waals surface area (Å²) >= 11 is 0. The molecule has 1 heterocycles. The van der Waals surface area contributed by atoms with Crippen LogP contribution in [0, 0.1) is 0 Å². The summed E-state index contributed by atoms with van der Waals surface area (Å²) in [5.74, 6) is -1.42. The minimum atomic E-state index is -4.43. The minimum absolute atomic E-state index is 0.311. The van der Waals surface area contributed by atoms with Crippen molar-refractivity contribution in [2.45, 2.75) is 19.0 Å². The third-order valence-corrected chi connectivity index (χ3v) is 2.07. The monoisotopic (exact) mass is 229 g/mol. The third kappa shape index (κ3) is 2.90. The van der Waals surface area contributed by atoms with Crippen LogP contribution in [0.25, 0.3) is 0 Å². The molecule has 0 unspecified atom stereocenters. The zero-order valence-electron chi connectivity index (χ0n) is 7.52. The van der Waals surface area contributed by atoms with Crippen LogP contribution in [0.4, 0.5) is 22.0 Å². The molecular weight excluding hydrogens is 221 g/mol. The van der Waals surface area contributed by atoms with Crippen LogP contribution in [0.5, 0.6) is 0 Å². The third-order valence-electron chi connectivity index (χ3n) is 2.07. The van der Waals surface area contributed by atoms with E-state index in [1.54, 1.807) is 0 Å². The van der Waals surface area contributed by atoms with Gasteiger partial charge >= 0.3 is 12.6 Å². The van der Waals surface area contributed by atoms with Crippen LogP contribution in [-0.4, -0.2) is 36.5 Å². The summed E-state index contributed by atoms with van der Waals surface area (Å²) in [7, 11) is 0. The maximum atomic E-state index is 12.1. The highest BCUT2D eigenvalue weighted by Gasteiger charge is 2.36.